The molecule has 0 radical (unpaired) electrons. The van der Waals surface area contributed by atoms with Gasteiger partial charge >= 0.3 is 0 Å². The molecule has 0 aromatic rings. The first-order valence-electron chi connectivity index (χ1n) is 14.8. The summed E-state index contributed by atoms with van der Waals surface area (Å²) in [7, 11) is 1.71. The topological polar surface area (TPSA) is 103 Å². The molecule has 10 heteroatoms. The Morgan fingerprint density at radius 3 is 2.45 bits per heavy atom. The van der Waals surface area contributed by atoms with E-state index in [1.54, 1.807) is 33.9 Å². The molecule has 4 heterocycles. The molecule has 3 amide bonds. The Morgan fingerprint density at radius 1 is 1.18 bits per heavy atom. The molecule has 10 nitrogen and oxygen atoms in total. The molecule has 40 heavy (non-hydrogen) atoms. The highest BCUT2D eigenvalue weighted by Gasteiger charge is 2.78. The van der Waals surface area contributed by atoms with Crippen LogP contribution in [0.5, 0.6) is 0 Å². The first-order chi connectivity index (χ1) is 19.1. The number of hydrogen-bond donors (Lipinski definition) is 1. The summed E-state index contributed by atoms with van der Waals surface area (Å²) < 4.78 is 12.3. The first kappa shape index (κ1) is 30.7. The van der Waals surface area contributed by atoms with Gasteiger partial charge in [0.05, 0.1) is 43.3 Å². The van der Waals surface area contributed by atoms with Gasteiger partial charge in [-0.05, 0) is 25.7 Å². The van der Waals surface area contributed by atoms with Crippen molar-refractivity contribution >= 4 is 17.7 Å². The first-order valence-corrected chi connectivity index (χ1v) is 14.8. The zero-order valence-electron chi connectivity index (χ0n) is 24.7. The van der Waals surface area contributed by atoms with Crippen LogP contribution in [0.1, 0.15) is 40.0 Å². The molecular weight excluding hydrogens is 512 g/mol. The quantitative estimate of drug-likeness (QED) is 0.337. The minimum Gasteiger partial charge on any atom is -0.394 e. The summed E-state index contributed by atoms with van der Waals surface area (Å²) in [5.41, 5.74) is -1.98. The van der Waals surface area contributed by atoms with Crippen LogP contribution in [0.4, 0.5) is 0 Å². The molecule has 4 rings (SSSR count). The number of aliphatic hydroxyl groups is 1. The second-order valence-corrected chi connectivity index (χ2v) is 12.1. The third kappa shape index (κ3) is 5.12. The number of morpholine rings is 1. The lowest BCUT2D eigenvalue weighted by molar-refractivity contribution is -0.157. The lowest BCUT2D eigenvalue weighted by Gasteiger charge is -2.41. The second-order valence-electron chi connectivity index (χ2n) is 12.1. The number of likely N-dealkylation sites (tertiary alicyclic amines) is 1. The van der Waals surface area contributed by atoms with Crippen molar-refractivity contribution in [2.24, 2.45) is 17.8 Å². The van der Waals surface area contributed by atoms with Gasteiger partial charge in [0.15, 0.2) is 0 Å². The normalized spacial score (nSPS) is 33.0. The smallest absolute Gasteiger partial charge is 0.248 e. The van der Waals surface area contributed by atoms with E-state index >= 15 is 0 Å². The van der Waals surface area contributed by atoms with E-state index in [0.29, 0.717) is 52.2 Å². The summed E-state index contributed by atoms with van der Waals surface area (Å²) in [5.74, 6) is -2.19. The van der Waals surface area contributed by atoms with E-state index < -0.39 is 35.1 Å². The number of carbonyl (C=O) groups excluding carboxylic acids is 3. The van der Waals surface area contributed by atoms with E-state index in [0.717, 1.165) is 19.5 Å². The summed E-state index contributed by atoms with van der Waals surface area (Å²) >= 11 is 0. The maximum atomic E-state index is 14.6. The lowest BCUT2D eigenvalue weighted by atomic mass is 9.66. The summed E-state index contributed by atoms with van der Waals surface area (Å²) in [6, 6.07) is -1.49. The highest BCUT2D eigenvalue weighted by atomic mass is 16.5. The zero-order valence-corrected chi connectivity index (χ0v) is 24.7. The molecule has 4 saturated heterocycles. The van der Waals surface area contributed by atoms with Gasteiger partial charge in [0, 0.05) is 46.3 Å². The third-order valence-corrected chi connectivity index (χ3v) is 9.79. The van der Waals surface area contributed by atoms with Crippen LogP contribution < -0.4 is 0 Å². The highest BCUT2D eigenvalue weighted by Crippen LogP contribution is 2.64. The van der Waals surface area contributed by atoms with Crippen LogP contribution in [0, 0.1) is 17.8 Å². The Kier molecular flexibility index (Phi) is 9.44. The molecular formula is C30H48N4O6. The number of carbonyl (C=O) groups is 3. The number of fused-ring (bicyclic) bond motifs is 1. The average molecular weight is 561 g/mol. The van der Waals surface area contributed by atoms with Crippen molar-refractivity contribution in [1.29, 1.82) is 0 Å². The minimum atomic E-state index is -1.13. The molecule has 1 N–H and O–H groups in total. The van der Waals surface area contributed by atoms with Gasteiger partial charge < -0.3 is 29.3 Å². The van der Waals surface area contributed by atoms with Gasteiger partial charge in [0.1, 0.15) is 11.6 Å². The highest BCUT2D eigenvalue weighted by molar-refractivity contribution is 5.99. The van der Waals surface area contributed by atoms with Crippen LogP contribution in [-0.4, -0.2) is 132 Å². The Bertz CT molecular complexity index is 985. The van der Waals surface area contributed by atoms with E-state index in [4.69, 9.17) is 9.47 Å². The van der Waals surface area contributed by atoms with Crippen molar-refractivity contribution in [3.05, 3.63) is 25.3 Å². The van der Waals surface area contributed by atoms with Crippen LogP contribution in [-0.2, 0) is 23.9 Å². The maximum Gasteiger partial charge on any atom is 0.248 e. The van der Waals surface area contributed by atoms with Crippen LogP contribution in [0.15, 0.2) is 25.3 Å². The maximum absolute atomic E-state index is 14.6. The van der Waals surface area contributed by atoms with E-state index in [9.17, 15) is 19.5 Å². The van der Waals surface area contributed by atoms with Gasteiger partial charge in [-0.15, -0.1) is 13.2 Å². The lowest BCUT2D eigenvalue weighted by Crippen LogP contribution is -2.60. The Hall–Kier alpha value is -2.27. The van der Waals surface area contributed by atoms with Gasteiger partial charge in [0.2, 0.25) is 17.7 Å². The Balaban J connectivity index is 1.74. The summed E-state index contributed by atoms with van der Waals surface area (Å²) in [6.45, 7) is 18.1. The van der Waals surface area contributed by atoms with Crippen molar-refractivity contribution in [1.82, 2.24) is 19.6 Å². The van der Waals surface area contributed by atoms with Crippen LogP contribution in [0.25, 0.3) is 0 Å². The zero-order chi connectivity index (χ0) is 29.2. The fourth-order valence-electron chi connectivity index (χ4n) is 7.42. The van der Waals surface area contributed by atoms with Gasteiger partial charge in [-0.25, -0.2) is 0 Å². The molecule has 2 bridgehead atoms. The molecule has 7 atom stereocenters. The number of hydrogen-bond acceptors (Lipinski definition) is 7. The largest absolute Gasteiger partial charge is 0.394 e. The number of likely N-dealkylation sites (N-methyl/N-ethyl adjacent to an activating group) is 1. The Labute approximate surface area is 238 Å². The van der Waals surface area contributed by atoms with Gasteiger partial charge in [-0.3, -0.25) is 19.3 Å². The summed E-state index contributed by atoms with van der Waals surface area (Å²) in [6.07, 6.45) is 5.17. The third-order valence-electron chi connectivity index (χ3n) is 9.79. The van der Waals surface area contributed by atoms with Crippen molar-refractivity contribution in [2.45, 2.75) is 63.3 Å². The number of nitrogens with zero attached hydrogens (tertiary/aromatic N) is 4. The SMILES string of the molecule is C=CCN(C)C(=O)[C@H]1[C@H]2C(=O)N([C@@H](CO)[C@@H](C)CC)C(C(=O)N(CC=C)CCN3CCOCC3)C23CC[C@]1(C)O3. The van der Waals surface area contributed by atoms with Crippen molar-refractivity contribution < 1.29 is 29.0 Å². The van der Waals surface area contributed by atoms with E-state index in [1.165, 1.54) is 0 Å². The summed E-state index contributed by atoms with van der Waals surface area (Å²) in [5, 5.41) is 10.6. The van der Waals surface area contributed by atoms with Crippen molar-refractivity contribution in [2.75, 3.05) is 66.1 Å². The minimum absolute atomic E-state index is 0.0499. The number of amides is 3. The fraction of sp³-hybridized carbons (Fsp3) is 0.767. The molecule has 4 fully saturated rings. The molecule has 2 unspecified atom stereocenters. The molecule has 224 valence electrons. The number of aliphatic hydroxyl groups excluding tert-OH is 1. The van der Waals surface area contributed by atoms with E-state index in [2.05, 4.69) is 18.1 Å². The van der Waals surface area contributed by atoms with Crippen LogP contribution >= 0.6 is 0 Å². The van der Waals surface area contributed by atoms with Crippen molar-refractivity contribution in [3.63, 3.8) is 0 Å². The van der Waals surface area contributed by atoms with Gasteiger partial charge in [0.25, 0.3) is 0 Å². The molecule has 4 aliphatic rings. The fourth-order valence-corrected chi connectivity index (χ4v) is 7.42. The van der Waals surface area contributed by atoms with Crippen molar-refractivity contribution in [3.8, 4) is 0 Å². The predicted octanol–water partition coefficient (Wildman–Crippen LogP) is 1.15. The van der Waals surface area contributed by atoms with E-state index in [-0.39, 0.29) is 30.2 Å². The van der Waals surface area contributed by atoms with Gasteiger partial charge in [-0.1, -0.05) is 32.4 Å². The summed E-state index contributed by atoms with van der Waals surface area (Å²) in [4.78, 5) is 50.1. The molecule has 0 aromatic carbocycles. The van der Waals surface area contributed by atoms with Gasteiger partial charge in [-0.2, -0.15) is 0 Å². The van der Waals surface area contributed by atoms with Crippen LogP contribution in [0.2, 0.25) is 0 Å². The predicted molar refractivity (Wildman–Crippen MR) is 151 cm³/mol. The molecule has 1 spiro atoms. The van der Waals surface area contributed by atoms with E-state index in [1.807, 2.05) is 20.8 Å². The standard InChI is InChI=1S/C30H48N4O6/c1-7-12-31(6)26(36)23-24-27(37)34(22(20-35)21(4)9-3)25(30(24)11-10-29(23,5)40-30)28(38)33(13-8-2)15-14-32-16-18-39-19-17-32/h7-8,21-25,35H,1-2,9-20H2,3-6H3/t21-,22-,23+,24-,25?,29-,30?/m0/s1. The number of ether oxygens (including phenoxy) is 2. The Morgan fingerprint density at radius 2 is 1.85 bits per heavy atom. The van der Waals surface area contributed by atoms with Crippen LogP contribution in [0.3, 0.4) is 0 Å². The molecule has 0 aliphatic carbocycles. The molecule has 4 aliphatic heterocycles. The molecule has 0 aromatic heterocycles. The monoisotopic (exact) mass is 560 g/mol. The molecule has 0 saturated carbocycles. The average Bonchev–Trinajstić information content (AvgIpc) is 3.52. The number of rotatable bonds is 13. The second kappa shape index (κ2) is 12.3.